The summed E-state index contributed by atoms with van der Waals surface area (Å²) in [6.45, 7) is 4.40. The summed E-state index contributed by atoms with van der Waals surface area (Å²) in [5, 5.41) is 11.5. The van der Waals surface area contributed by atoms with E-state index in [1.54, 1.807) is 6.92 Å². The minimum atomic E-state index is -0.277. The number of anilines is 1. The number of urea groups is 1. The highest BCUT2D eigenvalue weighted by Gasteiger charge is 2.03. The molecule has 6 nitrogen and oxygen atoms in total. The fourth-order valence-electron chi connectivity index (χ4n) is 0.783. The first kappa shape index (κ1) is 9.50. The van der Waals surface area contributed by atoms with Crippen LogP contribution in [0, 0.1) is 6.92 Å². The summed E-state index contributed by atoms with van der Waals surface area (Å²) in [4.78, 5) is 15.0. The summed E-state index contributed by atoms with van der Waals surface area (Å²) in [6.07, 6.45) is 0.903. The molecule has 0 aromatic carbocycles. The van der Waals surface area contributed by atoms with Crippen LogP contribution in [-0.2, 0) is 0 Å². The third kappa shape index (κ3) is 3.10. The van der Waals surface area contributed by atoms with Crippen molar-refractivity contribution < 1.29 is 4.79 Å². The Kier molecular flexibility index (Phi) is 3.24. The normalized spacial score (nSPS) is 9.69. The number of hydrogen-bond acceptors (Lipinski definition) is 3. The Hall–Kier alpha value is -1.59. The van der Waals surface area contributed by atoms with Gasteiger partial charge in [0.25, 0.3) is 0 Å². The minimum absolute atomic E-state index is 0.277. The maximum atomic E-state index is 11.1. The van der Waals surface area contributed by atoms with Crippen LogP contribution in [0.4, 0.5) is 10.7 Å². The van der Waals surface area contributed by atoms with Crippen LogP contribution in [0.25, 0.3) is 0 Å². The molecule has 0 bridgehead atoms. The maximum Gasteiger partial charge on any atom is 0.321 e. The van der Waals surface area contributed by atoms with Gasteiger partial charge in [0.1, 0.15) is 5.82 Å². The fourth-order valence-corrected chi connectivity index (χ4v) is 0.783. The van der Waals surface area contributed by atoms with Gasteiger partial charge in [-0.05, 0) is 13.3 Å². The molecule has 0 saturated heterocycles. The van der Waals surface area contributed by atoms with Crippen LogP contribution in [0.1, 0.15) is 19.2 Å². The fraction of sp³-hybridized carbons (Fsp3) is 0.571. The van der Waals surface area contributed by atoms with Crippen LogP contribution in [0.2, 0.25) is 0 Å². The quantitative estimate of drug-likeness (QED) is 0.643. The van der Waals surface area contributed by atoms with Gasteiger partial charge in [-0.1, -0.05) is 6.92 Å². The minimum Gasteiger partial charge on any atom is -0.338 e. The standard InChI is InChI=1S/C7H13N5O/c1-3-4-8-7(13)10-6-9-5(2)11-12-6/h3-4H2,1-2H3,(H3,8,9,10,11,12,13). The van der Waals surface area contributed by atoms with Crippen molar-refractivity contribution in [1.29, 1.82) is 0 Å². The summed E-state index contributed by atoms with van der Waals surface area (Å²) in [5.41, 5.74) is 0. The zero-order chi connectivity index (χ0) is 9.68. The van der Waals surface area contributed by atoms with Gasteiger partial charge in [-0.3, -0.25) is 10.4 Å². The third-order valence-corrected chi connectivity index (χ3v) is 1.36. The van der Waals surface area contributed by atoms with Gasteiger partial charge in [0.2, 0.25) is 5.95 Å². The number of carbonyl (C=O) groups excluding carboxylic acids is 1. The van der Waals surface area contributed by atoms with Gasteiger partial charge in [-0.2, -0.15) is 4.98 Å². The highest BCUT2D eigenvalue weighted by atomic mass is 16.2. The van der Waals surface area contributed by atoms with E-state index in [0.29, 0.717) is 18.3 Å². The van der Waals surface area contributed by atoms with E-state index < -0.39 is 0 Å². The number of amides is 2. The number of nitrogens with zero attached hydrogens (tertiary/aromatic N) is 2. The SMILES string of the molecule is CCCNC(=O)Nc1n[nH]c(C)n1. The van der Waals surface area contributed by atoms with Crippen LogP contribution >= 0.6 is 0 Å². The van der Waals surface area contributed by atoms with Crippen molar-refractivity contribution in [1.82, 2.24) is 20.5 Å². The molecule has 0 atom stereocenters. The zero-order valence-electron chi connectivity index (χ0n) is 7.72. The second kappa shape index (κ2) is 4.44. The molecule has 72 valence electrons. The largest absolute Gasteiger partial charge is 0.338 e. The van der Waals surface area contributed by atoms with Crippen molar-refractivity contribution in [2.45, 2.75) is 20.3 Å². The van der Waals surface area contributed by atoms with Gasteiger partial charge in [-0.25, -0.2) is 4.79 Å². The Labute approximate surface area is 76.1 Å². The number of aromatic nitrogens is 3. The van der Waals surface area contributed by atoms with Crippen molar-refractivity contribution >= 4 is 12.0 Å². The van der Waals surface area contributed by atoms with E-state index in [1.165, 1.54) is 0 Å². The van der Waals surface area contributed by atoms with Gasteiger partial charge in [0, 0.05) is 6.54 Å². The maximum absolute atomic E-state index is 11.1. The number of nitrogens with one attached hydrogen (secondary N) is 3. The number of aryl methyl sites for hydroxylation is 1. The molecule has 0 spiro atoms. The topological polar surface area (TPSA) is 82.7 Å². The monoisotopic (exact) mass is 183 g/mol. The first-order valence-corrected chi connectivity index (χ1v) is 4.16. The van der Waals surface area contributed by atoms with E-state index >= 15 is 0 Å². The lowest BCUT2D eigenvalue weighted by molar-refractivity contribution is 0.252. The molecule has 1 heterocycles. The Balaban J connectivity index is 2.36. The molecule has 0 unspecified atom stereocenters. The number of aromatic amines is 1. The van der Waals surface area contributed by atoms with E-state index in [-0.39, 0.29) is 6.03 Å². The molecular weight excluding hydrogens is 170 g/mol. The van der Waals surface area contributed by atoms with Gasteiger partial charge < -0.3 is 5.32 Å². The van der Waals surface area contributed by atoms with Gasteiger partial charge in [0.15, 0.2) is 0 Å². The molecule has 0 aliphatic heterocycles. The lowest BCUT2D eigenvalue weighted by Gasteiger charge is -2.01. The molecule has 3 N–H and O–H groups in total. The van der Waals surface area contributed by atoms with E-state index in [2.05, 4.69) is 25.8 Å². The summed E-state index contributed by atoms with van der Waals surface area (Å²) in [5.74, 6) is 0.969. The number of rotatable bonds is 3. The van der Waals surface area contributed by atoms with E-state index in [0.717, 1.165) is 6.42 Å². The number of H-pyrrole nitrogens is 1. The molecular formula is C7H13N5O. The predicted molar refractivity (Wildman–Crippen MR) is 48.4 cm³/mol. The van der Waals surface area contributed by atoms with Crippen LogP contribution in [-0.4, -0.2) is 27.8 Å². The zero-order valence-corrected chi connectivity index (χ0v) is 7.72. The molecule has 0 fully saturated rings. The average molecular weight is 183 g/mol. The molecule has 1 rings (SSSR count). The highest BCUT2D eigenvalue weighted by molar-refractivity contribution is 5.87. The third-order valence-electron chi connectivity index (χ3n) is 1.36. The van der Waals surface area contributed by atoms with E-state index in [4.69, 9.17) is 0 Å². The van der Waals surface area contributed by atoms with Crippen molar-refractivity contribution in [2.24, 2.45) is 0 Å². The first-order chi connectivity index (χ1) is 6.22. The Morgan fingerprint density at radius 1 is 1.62 bits per heavy atom. The molecule has 0 aliphatic carbocycles. The summed E-state index contributed by atoms with van der Waals surface area (Å²) < 4.78 is 0. The highest BCUT2D eigenvalue weighted by Crippen LogP contribution is 1.95. The van der Waals surface area contributed by atoms with Crippen molar-refractivity contribution in [3.63, 3.8) is 0 Å². The lowest BCUT2D eigenvalue weighted by Crippen LogP contribution is -2.29. The number of carbonyl (C=O) groups is 1. The summed E-state index contributed by atoms with van der Waals surface area (Å²) in [7, 11) is 0. The summed E-state index contributed by atoms with van der Waals surface area (Å²) >= 11 is 0. The van der Waals surface area contributed by atoms with E-state index in [1.807, 2.05) is 6.92 Å². The molecule has 0 radical (unpaired) electrons. The van der Waals surface area contributed by atoms with Gasteiger partial charge in [-0.15, -0.1) is 5.10 Å². The van der Waals surface area contributed by atoms with Crippen LogP contribution in [0.5, 0.6) is 0 Å². The molecule has 6 heteroatoms. The smallest absolute Gasteiger partial charge is 0.321 e. The second-order valence-corrected chi connectivity index (χ2v) is 2.63. The van der Waals surface area contributed by atoms with Gasteiger partial charge >= 0.3 is 6.03 Å². The Morgan fingerprint density at radius 2 is 2.38 bits per heavy atom. The molecule has 0 saturated carbocycles. The van der Waals surface area contributed by atoms with Crippen LogP contribution < -0.4 is 10.6 Å². The average Bonchev–Trinajstić information content (AvgIpc) is 2.48. The van der Waals surface area contributed by atoms with Gasteiger partial charge in [0.05, 0.1) is 0 Å². The van der Waals surface area contributed by atoms with Crippen molar-refractivity contribution in [3.8, 4) is 0 Å². The Morgan fingerprint density at radius 3 is 2.92 bits per heavy atom. The van der Waals surface area contributed by atoms with E-state index in [9.17, 15) is 4.79 Å². The second-order valence-electron chi connectivity index (χ2n) is 2.63. The molecule has 2 amide bonds. The Bertz CT molecular complexity index is 282. The molecule has 0 aliphatic rings. The number of hydrogen-bond donors (Lipinski definition) is 3. The first-order valence-electron chi connectivity index (χ1n) is 4.16. The summed E-state index contributed by atoms with van der Waals surface area (Å²) in [6, 6.07) is -0.277. The predicted octanol–water partition coefficient (Wildman–Crippen LogP) is 0.645. The molecule has 1 aromatic heterocycles. The van der Waals surface area contributed by atoms with Crippen LogP contribution in [0.3, 0.4) is 0 Å². The molecule has 13 heavy (non-hydrogen) atoms. The van der Waals surface area contributed by atoms with Crippen molar-refractivity contribution in [3.05, 3.63) is 5.82 Å². The van der Waals surface area contributed by atoms with Crippen LogP contribution in [0.15, 0.2) is 0 Å². The molecule has 1 aromatic rings. The van der Waals surface area contributed by atoms with Crippen molar-refractivity contribution in [2.75, 3.05) is 11.9 Å². The lowest BCUT2D eigenvalue weighted by atomic mass is 10.5.